The van der Waals surface area contributed by atoms with Gasteiger partial charge in [0.05, 0.1) is 10.2 Å². The van der Waals surface area contributed by atoms with E-state index in [9.17, 15) is 0 Å². The van der Waals surface area contributed by atoms with E-state index in [0.717, 1.165) is 48.9 Å². The summed E-state index contributed by atoms with van der Waals surface area (Å²) in [6.07, 6.45) is 1.74. The highest BCUT2D eigenvalue weighted by Crippen LogP contribution is 2.29. The molecule has 0 radical (unpaired) electrons. The van der Waals surface area contributed by atoms with E-state index >= 15 is 0 Å². The Morgan fingerprint density at radius 3 is 2.65 bits per heavy atom. The van der Waals surface area contributed by atoms with Gasteiger partial charge in [0.2, 0.25) is 0 Å². The van der Waals surface area contributed by atoms with Crippen molar-refractivity contribution in [3.8, 4) is 0 Å². The second kappa shape index (κ2) is 6.14. The van der Waals surface area contributed by atoms with Gasteiger partial charge in [0.25, 0.3) is 0 Å². The van der Waals surface area contributed by atoms with E-state index in [0.29, 0.717) is 5.82 Å². The molecule has 1 aliphatic rings. The van der Waals surface area contributed by atoms with Crippen molar-refractivity contribution >= 4 is 32.5 Å². The number of nitrogen functional groups attached to an aromatic ring is 1. The van der Waals surface area contributed by atoms with E-state index in [2.05, 4.69) is 39.0 Å². The van der Waals surface area contributed by atoms with E-state index in [-0.39, 0.29) is 0 Å². The molecule has 0 aliphatic carbocycles. The zero-order valence-corrected chi connectivity index (χ0v) is 13.7. The Kier molecular flexibility index (Phi) is 3.85. The molecule has 0 spiro atoms. The number of hydrogen-bond acceptors (Lipinski definition) is 6. The van der Waals surface area contributed by atoms with E-state index in [1.807, 2.05) is 12.1 Å². The first-order chi connectivity index (χ1) is 11.3. The lowest BCUT2D eigenvalue weighted by molar-refractivity contribution is 0.250. The number of thiazole rings is 1. The van der Waals surface area contributed by atoms with Gasteiger partial charge < -0.3 is 10.6 Å². The van der Waals surface area contributed by atoms with Crippen molar-refractivity contribution in [2.75, 3.05) is 36.8 Å². The molecule has 5 nitrogen and oxygen atoms in total. The Morgan fingerprint density at radius 2 is 1.87 bits per heavy atom. The van der Waals surface area contributed by atoms with Crippen LogP contribution in [0, 0.1) is 0 Å². The first-order valence-electron chi connectivity index (χ1n) is 7.82. The zero-order valence-electron chi connectivity index (χ0n) is 12.9. The topological polar surface area (TPSA) is 58.3 Å². The first-order valence-corrected chi connectivity index (χ1v) is 8.63. The van der Waals surface area contributed by atoms with Gasteiger partial charge in [0.1, 0.15) is 5.82 Å². The van der Waals surface area contributed by atoms with Crippen LogP contribution in [0.2, 0.25) is 0 Å². The summed E-state index contributed by atoms with van der Waals surface area (Å²) in [7, 11) is 0. The molecule has 1 saturated heterocycles. The third-order valence-electron chi connectivity index (χ3n) is 4.25. The molecule has 3 heterocycles. The second-order valence-corrected chi connectivity index (χ2v) is 6.78. The molecule has 0 unspecified atom stereocenters. The highest BCUT2D eigenvalue weighted by Gasteiger charge is 2.20. The first kappa shape index (κ1) is 14.4. The Balaban J connectivity index is 1.41. The number of anilines is 2. The van der Waals surface area contributed by atoms with Gasteiger partial charge in [-0.1, -0.05) is 29.5 Å². The number of rotatable bonds is 3. The van der Waals surface area contributed by atoms with E-state index in [4.69, 9.17) is 10.7 Å². The molecule has 4 rings (SSSR count). The fourth-order valence-corrected chi connectivity index (χ4v) is 3.94. The van der Waals surface area contributed by atoms with Gasteiger partial charge in [-0.3, -0.25) is 4.90 Å². The summed E-state index contributed by atoms with van der Waals surface area (Å²) >= 11 is 1.78. The Hall–Kier alpha value is -2.18. The molecule has 0 atom stereocenters. The number of hydrogen-bond donors (Lipinski definition) is 1. The zero-order chi connectivity index (χ0) is 15.6. The number of fused-ring (bicyclic) bond motifs is 1. The molecule has 1 aliphatic heterocycles. The SMILES string of the molecule is Nc1ncccc1CN1CCN(c2nc3ccccc3s2)CC1. The molecule has 2 N–H and O–H groups in total. The van der Waals surface area contributed by atoms with Crippen LogP contribution in [-0.4, -0.2) is 41.0 Å². The maximum Gasteiger partial charge on any atom is 0.186 e. The average Bonchev–Trinajstić information content (AvgIpc) is 3.02. The van der Waals surface area contributed by atoms with Gasteiger partial charge >= 0.3 is 0 Å². The molecular formula is C17H19N5S. The fourth-order valence-electron chi connectivity index (χ4n) is 2.92. The monoisotopic (exact) mass is 325 g/mol. The minimum Gasteiger partial charge on any atom is -0.383 e. The molecule has 6 heteroatoms. The van der Waals surface area contributed by atoms with Crippen LogP contribution in [0.25, 0.3) is 10.2 Å². The quantitative estimate of drug-likeness (QED) is 0.802. The van der Waals surface area contributed by atoms with Crippen molar-refractivity contribution in [1.29, 1.82) is 0 Å². The van der Waals surface area contributed by atoms with E-state index in [1.54, 1.807) is 17.5 Å². The molecule has 0 bridgehead atoms. The summed E-state index contributed by atoms with van der Waals surface area (Å²) in [6, 6.07) is 12.3. The van der Waals surface area contributed by atoms with Crippen LogP contribution in [0.4, 0.5) is 10.9 Å². The third-order valence-corrected chi connectivity index (χ3v) is 5.34. The summed E-state index contributed by atoms with van der Waals surface area (Å²) in [6.45, 7) is 4.90. The van der Waals surface area contributed by atoms with Crippen molar-refractivity contribution in [2.24, 2.45) is 0 Å². The van der Waals surface area contributed by atoms with Crippen LogP contribution in [-0.2, 0) is 6.54 Å². The number of piperazine rings is 1. The normalized spacial score (nSPS) is 16.1. The Bertz CT molecular complexity index is 774. The van der Waals surface area contributed by atoms with Gasteiger partial charge in [0, 0.05) is 44.5 Å². The predicted octanol–water partition coefficient (Wildman–Crippen LogP) is 2.60. The molecule has 1 aromatic carbocycles. The summed E-state index contributed by atoms with van der Waals surface area (Å²) in [5.74, 6) is 0.640. The second-order valence-electron chi connectivity index (χ2n) is 5.78. The van der Waals surface area contributed by atoms with Crippen LogP contribution in [0.5, 0.6) is 0 Å². The lowest BCUT2D eigenvalue weighted by Gasteiger charge is -2.34. The molecule has 2 aromatic heterocycles. The molecule has 23 heavy (non-hydrogen) atoms. The summed E-state index contributed by atoms with van der Waals surface area (Å²) in [5.41, 5.74) is 8.15. The van der Waals surface area contributed by atoms with Crippen LogP contribution in [0.15, 0.2) is 42.6 Å². The third kappa shape index (κ3) is 3.00. The Labute approximate surface area is 139 Å². The van der Waals surface area contributed by atoms with Crippen LogP contribution < -0.4 is 10.6 Å². The van der Waals surface area contributed by atoms with Gasteiger partial charge in [-0.25, -0.2) is 9.97 Å². The van der Waals surface area contributed by atoms with Gasteiger partial charge in [-0.15, -0.1) is 0 Å². The van der Waals surface area contributed by atoms with Crippen molar-refractivity contribution in [1.82, 2.24) is 14.9 Å². The maximum absolute atomic E-state index is 5.94. The number of aromatic nitrogens is 2. The fraction of sp³-hybridized carbons (Fsp3) is 0.294. The summed E-state index contributed by atoms with van der Waals surface area (Å²) in [5, 5.41) is 1.13. The minimum atomic E-state index is 0.640. The van der Waals surface area contributed by atoms with E-state index < -0.39 is 0 Å². The number of para-hydroxylation sites is 1. The number of pyridine rings is 1. The molecular weight excluding hydrogens is 306 g/mol. The van der Waals surface area contributed by atoms with Crippen molar-refractivity contribution in [2.45, 2.75) is 6.54 Å². The largest absolute Gasteiger partial charge is 0.383 e. The highest BCUT2D eigenvalue weighted by molar-refractivity contribution is 7.22. The van der Waals surface area contributed by atoms with E-state index in [1.165, 1.54) is 4.70 Å². The molecule has 1 fully saturated rings. The highest BCUT2D eigenvalue weighted by atomic mass is 32.1. The molecule has 0 amide bonds. The van der Waals surface area contributed by atoms with Crippen molar-refractivity contribution in [3.63, 3.8) is 0 Å². The van der Waals surface area contributed by atoms with Crippen LogP contribution >= 0.6 is 11.3 Å². The lowest BCUT2D eigenvalue weighted by Crippen LogP contribution is -2.46. The molecule has 0 saturated carbocycles. The predicted molar refractivity (Wildman–Crippen MR) is 95.8 cm³/mol. The van der Waals surface area contributed by atoms with Gasteiger partial charge in [-0.05, 0) is 18.2 Å². The molecule has 118 valence electrons. The van der Waals surface area contributed by atoms with Crippen LogP contribution in [0.3, 0.4) is 0 Å². The van der Waals surface area contributed by atoms with Crippen molar-refractivity contribution < 1.29 is 0 Å². The van der Waals surface area contributed by atoms with Gasteiger partial charge in [0.15, 0.2) is 5.13 Å². The smallest absolute Gasteiger partial charge is 0.186 e. The summed E-state index contributed by atoms with van der Waals surface area (Å²) in [4.78, 5) is 13.7. The van der Waals surface area contributed by atoms with Crippen molar-refractivity contribution in [3.05, 3.63) is 48.2 Å². The number of benzene rings is 1. The number of nitrogens with zero attached hydrogens (tertiary/aromatic N) is 4. The van der Waals surface area contributed by atoms with Crippen LogP contribution in [0.1, 0.15) is 5.56 Å². The molecule has 3 aromatic rings. The number of nitrogens with two attached hydrogens (primary N) is 1. The van der Waals surface area contributed by atoms with Gasteiger partial charge in [-0.2, -0.15) is 0 Å². The summed E-state index contributed by atoms with van der Waals surface area (Å²) < 4.78 is 1.26. The maximum atomic E-state index is 5.94. The average molecular weight is 325 g/mol. The lowest BCUT2D eigenvalue weighted by atomic mass is 10.2. The standard InChI is InChI=1S/C17H19N5S/c18-16-13(4-3-7-19-16)12-21-8-10-22(11-9-21)17-20-14-5-1-2-6-15(14)23-17/h1-7H,8-12H2,(H2,18,19). The Morgan fingerprint density at radius 1 is 1.04 bits per heavy atom. The minimum absolute atomic E-state index is 0.640.